The van der Waals surface area contributed by atoms with E-state index in [4.69, 9.17) is 16.7 Å². The molecule has 0 radical (unpaired) electrons. The molecule has 7 nitrogen and oxygen atoms in total. The number of nitrogens with zero attached hydrogens (tertiary/aromatic N) is 5. The number of nitrogens with one attached hydrogen (secondary N) is 1. The third-order valence-electron chi connectivity index (χ3n) is 4.75. The van der Waals surface area contributed by atoms with E-state index >= 15 is 0 Å². The minimum atomic E-state index is -0.298. The molecular formula is C23H14BrClN6O. The fraction of sp³-hybridized carbons (Fsp3) is 0. The van der Waals surface area contributed by atoms with Crippen molar-refractivity contribution in [2.75, 3.05) is 5.32 Å². The summed E-state index contributed by atoms with van der Waals surface area (Å²) < 4.78 is 2.43. The minimum absolute atomic E-state index is 0.298. The second kappa shape index (κ2) is 8.49. The Morgan fingerprint density at radius 1 is 0.938 bits per heavy atom. The van der Waals surface area contributed by atoms with E-state index in [9.17, 15) is 4.79 Å². The molecule has 0 saturated carbocycles. The van der Waals surface area contributed by atoms with Crippen LogP contribution in [0.25, 0.3) is 28.4 Å². The number of benzene rings is 2. The Kier molecular flexibility index (Phi) is 5.38. The van der Waals surface area contributed by atoms with Gasteiger partial charge in [-0.05, 0) is 54.6 Å². The molecule has 5 rings (SSSR count). The quantitative estimate of drug-likeness (QED) is 0.347. The van der Waals surface area contributed by atoms with Crippen LogP contribution < -0.4 is 5.32 Å². The van der Waals surface area contributed by atoms with Gasteiger partial charge in [0, 0.05) is 21.9 Å². The Balaban J connectivity index is 1.48. The topological polar surface area (TPSA) is 85.1 Å². The van der Waals surface area contributed by atoms with Crippen LogP contribution in [0.15, 0.2) is 83.5 Å². The summed E-state index contributed by atoms with van der Waals surface area (Å²) in [5, 5.41) is 16.4. The predicted octanol–water partition coefficient (Wildman–Crippen LogP) is 5.52. The van der Waals surface area contributed by atoms with E-state index < -0.39 is 0 Å². The predicted molar refractivity (Wildman–Crippen MR) is 127 cm³/mol. The van der Waals surface area contributed by atoms with Crippen LogP contribution in [0.2, 0.25) is 5.02 Å². The van der Waals surface area contributed by atoms with Crippen LogP contribution in [0.1, 0.15) is 10.4 Å². The van der Waals surface area contributed by atoms with Gasteiger partial charge in [-0.25, -0.2) is 0 Å². The number of pyridine rings is 1. The van der Waals surface area contributed by atoms with Crippen molar-refractivity contribution in [3.8, 4) is 22.8 Å². The molecule has 3 heterocycles. The molecule has 5 aromatic rings. The molecule has 32 heavy (non-hydrogen) atoms. The van der Waals surface area contributed by atoms with E-state index in [2.05, 4.69) is 36.4 Å². The first-order chi connectivity index (χ1) is 15.6. The standard InChI is InChI=1S/C23H14BrClN6O/c24-15-7-8-18(25)17(13-15)23(32)27-16-5-3-4-14(12-16)19-9-10-21-28-29-22(31(21)30-19)20-6-1-2-11-26-20/h1-13H,(H,27,32). The van der Waals surface area contributed by atoms with Gasteiger partial charge in [-0.15, -0.1) is 10.2 Å². The zero-order valence-electron chi connectivity index (χ0n) is 16.4. The first kappa shape index (κ1) is 20.3. The van der Waals surface area contributed by atoms with Crippen LogP contribution in [-0.4, -0.2) is 30.7 Å². The lowest BCUT2D eigenvalue weighted by Gasteiger charge is -2.09. The largest absolute Gasteiger partial charge is 0.322 e. The Bertz CT molecular complexity index is 1450. The number of amides is 1. The normalized spacial score (nSPS) is 10.9. The molecule has 1 amide bonds. The lowest BCUT2D eigenvalue weighted by Crippen LogP contribution is -2.12. The Hall–Kier alpha value is -3.62. The molecule has 1 N–H and O–H groups in total. The summed E-state index contributed by atoms with van der Waals surface area (Å²) in [6, 6.07) is 21.9. The number of anilines is 1. The number of carbonyl (C=O) groups excluding carboxylic acids is 1. The van der Waals surface area contributed by atoms with Crippen LogP contribution in [0.5, 0.6) is 0 Å². The molecule has 0 atom stereocenters. The van der Waals surface area contributed by atoms with Crippen molar-refractivity contribution >= 4 is 44.8 Å². The summed E-state index contributed by atoms with van der Waals surface area (Å²) in [6.07, 6.45) is 1.70. The first-order valence-corrected chi connectivity index (χ1v) is 10.8. The molecular weight excluding hydrogens is 492 g/mol. The smallest absolute Gasteiger partial charge is 0.257 e. The summed E-state index contributed by atoms with van der Waals surface area (Å²) in [7, 11) is 0. The molecule has 0 aliphatic carbocycles. The van der Waals surface area contributed by atoms with Crippen molar-refractivity contribution in [3.63, 3.8) is 0 Å². The summed E-state index contributed by atoms with van der Waals surface area (Å²) in [5.41, 5.74) is 3.83. The summed E-state index contributed by atoms with van der Waals surface area (Å²) >= 11 is 9.55. The number of carbonyl (C=O) groups is 1. The zero-order valence-corrected chi connectivity index (χ0v) is 18.7. The SMILES string of the molecule is O=C(Nc1cccc(-c2ccc3nnc(-c4ccccn4)n3n2)c1)c1cc(Br)ccc1Cl. The second-order valence-electron chi connectivity index (χ2n) is 6.89. The van der Waals surface area contributed by atoms with E-state index in [1.165, 1.54) is 0 Å². The molecule has 0 bridgehead atoms. The maximum atomic E-state index is 12.7. The van der Waals surface area contributed by atoms with Gasteiger partial charge in [-0.2, -0.15) is 9.61 Å². The highest BCUT2D eigenvalue weighted by Crippen LogP contribution is 2.25. The zero-order chi connectivity index (χ0) is 22.1. The monoisotopic (exact) mass is 504 g/mol. The molecule has 3 aromatic heterocycles. The summed E-state index contributed by atoms with van der Waals surface area (Å²) in [6.45, 7) is 0. The molecule has 9 heteroatoms. The van der Waals surface area contributed by atoms with Crippen molar-refractivity contribution in [2.24, 2.45) is 0 Å². The summed E-state index contributed by atoms with van der Waals surface area (Å²) in [5.74, 6) is 0.254. The molecule has 0 spiro atoms. The molecule has 0 aliphatic heterocycles. The highest BCUT2D eigenvalue weighted by Gasteiger charge is 2.14. The first-order valence-electron chi connectivity index (χ1n) is 9.59. The minimum Gasteiger partial charge on any atom is -0.322 e. The second-order valence-corrected chi connectivity index (χ2v) is 8.21. The van der Waals surface area contributed by atoms with E-state index in [1.807, 2.05) is 54.6 Å². The maximum absolute atomic E-state index is 12.7. The van der Waals surface area contributed by atoms with Crippen molar-refractivity contribution < 1.29 is 4.79 Å². The Labute approximate surface area is 196 Å². The van der Waals surface area contributed by atoms with Gasteiger partial charge >= 0.3 is 0 Å². The fourth-order valence-corrected chi connectivity index (χ4v) is 3.79. The van der Waals surface area contributed by atoms with Gasteiger partial charge in [0.1, 0.15) is 5.69 Å². The van der Waals surface area contributed by atoms with Gasteiger partial charge in [0.05, 0.1) is 16.3 Å². The number of hydrogen-bond acceptors (Lipinski definition) is 5. The molecule has 0 aliphatic rings. The van der Waals surface area contributed by atoms with E-state index in [-0.39, 0.29) is 5.91 Å². The third kappa shape index (κ3) is 3.98. The van der Waals surface area contributed by atoms with Crippen LogP contribution in [0.3, 0.4) is 0 Å². The molecule has 2 aromatic carbocycles. The maximum Gasteiger partial charge on any atom is 0.257 e. The molecule has 0 fully saturated rings. The van der Waals surface area contributed by atoms with Crippen LogP contribution in [-0.2, 0) is 0 Å². The lowest BCUT2D eigenvalue weighted by atomic mass is 10.1. The number of rotatable bonds is 4. The number of fused-ring (bicyclic) bond motifs is 1. The van der Waals surface area contributed by atoms with Crippen LogP contribution in [0, 0.1) is 0 Å². The third-order valence-corrected chi connectivity index (χ3v) is 5.57. The van der Waals surface area contributed by atoms with Gasteiger partial charge in [-0.3, -0.25) is 9.78 Å². The van der Waals surface area contributed by atoms with Gasteiger partial charge < -0.3 is 5.32 Å². The summed E-state index contributed by atoms with van der Waals surface area (Å²) in [4.78, 5) is 17.1. The van der Waals surface area contributed by atoms with Crippen LogP contribution in [0.4, 0.5) is 5.69 Å². The van der Waals surface area contributed by atoms with Crippen molar-refractivity contribution in [2.45, 2.75) is 0 Å². The fourth-order valence-electron chi connectivity index (χ4n) is 3.22. The van der Waals surface area contributed by atoms with Crippen LogP contribution >= 0.6 is 27.5 Å². The lowest BCUT2D eigenvalue weighted by molar-refractivity contribution is 0.102. The number of aromatic nitrogens is 5. The van der Waals surface area contributed by atoms with E-state index in [0.29, 0.717) is 39.1 Å². The molecule has 0 unspecified atom stereocenters. The number of hydrogen-bond donors (Lipinski definition) is 1. The van der Waals surface area contributed by atoms with Gasteiger partial charge in [-0.1, -0.05) is 45.7 Å². The van der Waals surface area contributed by atoms with Gasteiger partial charge in [0.25, 0.3) is 5.91 Å². The molecule has 156 valence electrons. The van der Waals surface area contributed by atoms with Crippen molar-refractivity contribution in [1.29, 1.82) is 0 Å². The Morgan fingerprint density at radius 2 is 1.84 bits per heavy atom. The average Bonchev–Trinajstić information content (AvgIpc) is 3.24. The molecule has 0 saturated heterocycles. The number of halogens is 2. The average molecular weight is 506 g/mol. The highest BCUT2D eigenvalue weighted by atomic mass is 79.9. The van der Waals surface area contributed by atoms with Gasteiger partial charge in [0.15, 0.2) is 5.65 Å². The van der Waals surface area contributed by atoms with E-state index in [0.717, 1.165) is 10.0 Å². The van der Waals surface area contributed by atoms with Gasteiger partial charge in [0.2, 0.25) is 5.82 Å². The Morgan fingerprint density at radius 3 is 2.69 bits per heavy atom. The van der Waals surface area contributed by atoms with Crippen molar-refractivity contribution in [1.82, 2.24) is 24.8 Å². The van der Waals surface area contributed by atoms with Crippen molar-refractivity contribution in [3.05, 3.63) is 94.1 Å². The van der Waals surface area contributed by atoms with E-state index in [1.54, 1.807) is 28.9 Å². The highest BCUT2D eigenvalue weighted by molar-refractivity contribution is 9.10.